The molecule has 32 heavy (non-hydrogen) atoms. The number of rotatable bonds is 2. The molecule has 0 aromatic heterocycles. The van der Waals surface area contributed by atoms with Crippen LogP contribution in [0.2, 0.25) is 0 Å². The largest absolute Gasteiger partial charge is 4.00 e. The van der Waals surface area contributed by atoms with Gasteiger partial charge in [0, 0.05) is 0 Å². The molecule has 0 heterocycles. The Bertz CT molecular complexity index is 1450. The van der Waals surface area contributed by atoms with E-state index in [-0.39, 0.29) is 51.0 Å². The van der Waals surface area contributed by atoms with Gasteiger partial charge in [0.1, 0.15) is 0 Å². The summed E-state index contributed by atoms with van der Waals surface area (Å²) in [4.78, 5) is 2.61. The molecule has 0 N–H and O–H groups in total. The summed E-state index contributed by atoms with van der Waals surface area (Å²) in [5.74, 6) is 0. The van der Waals surface area contributed by atoms with Crippen molar-refractivity contribution < 1.29 is 51.0 Å². The Morgan fingerprint density at radius 3 is 1.44 bits per heavy atom. The van der Waals surface area contributed by atoms with Gasteiger partial charge in [-0.1, -0.05) is 91.2 Å². The molecule has 0 bridgehead atoms. The standard InChI is InChI=1S/C26H14Br2S.2ClH.Zr/c27-19-7-9-21-17(13-19)11-15-3-1-5-23(25(15)21)29-24-6-2-4-16-12-18-14-20(28)8-10-22(18)26(16)24;;;/h1-14H;2*1H;/q-2;;;+4/p-2. The number of halogens is 4. The average Bonchev–Trinajstić information content (AvgIpc) is 3.25. The van der Waals surface area contributed by atoms with Gasteiger partial charge in [-0.15, -0.1) is 80.5 Å². The van der Waals surface area contributed by atoms with Crippen LogP contribution in [0.15, 0.2) is 104 Å². The molecule has 0 atom stereocenters. The van der Waals surface area contributed by atoms with Gasteiger partial charge >= 0.3 is 26.2 Å². The van der Waals surface area contributed by atoms with E-state index in [2.05, 4.69) is 117 Å². The van der Waals surface area contributed by atoms with Gasteiger partial charge < -0.3 is 24.8 Å². The Balaban J connectivity index is 0.000000963. The average molecular weight is 680 g/mol. The molecule has 0 nitrogen and oxygen atoms in total. The van der Waals surface area contributed by atoms with Gasteiger partial charge in [-0.05, 0) is 18.7 Å². The zero-order chi connectivity index (χ0) is 19.5. The van der Waals surface area contributed by atoms with Crippen LogP contribution in [0, 0.1) is 0 Å². The van der Waals surface area contributed by atoms with Gasteiger partial charge in [-0.2, -0.15) is 0 Å². The van der Waals surface area contributed by atoms with Crippen molar-refractivity contribution in [3.05, 3.63) is 93.9 Å². The third-order valence-electron chi connectivity index (χ3n) is 5.52. The second kappa shape index (κ2) is 10.3. The van der Waals surface area contributed by atoms with Crippen molar-refractivity contribution in [2.75, 3.05) is 0 Å². The summed E-state index contributed by atoms with van der Waals surface area (Å²) in [6, 6.07) is 30.9. The summed E-state index contributed by atoms with van der Waals surface area (Å²) < 4.78 is 2.24. The maximum Gasteiger partial charge on any atom is 4.00 e. The minimum atomic E-state index is 0. The molecule has 0 unspecified atom stereocenters. The topological polar surface area (TPSA) is 0 Å². The Kier molecular flexibility index (Phi) is 8.40. The number of fused-ring (bicyclic) bond motifs is 6. The van der Waals surface area contributed by atoms with Crippen LogP contribution in [0.4, 0.5) is 0 Å². The van der Waals surface area contributed by atoms with Crippen molar-refractivity contribution in [3.8, 4) is 0 Å². The molecular formula is C26H14Br2Cl2SZr. The minimum absolute atomic E-state index is 0. The van der Waals surface area contributed by atoms with Crippen molar-refractivity contribution in [3.63, 3.8) is 0 Å². The zero-order valence-corrected chi connectivity index (χ0v) is 24.5. The van der Waals surface area contributed by atoms with E-state index in [9.17, 15) is 0 Å². The molecule has 0 saturated carbocycles. The smallest absolute Gasteiger partial charge is 1.00 e. The first-order valence-electron chi connectivity index (χ1n) is 9.41. The molecule has 0 amide bonds. The SMILES string of the molecule is Brc1ccc2c(c1)[cH-]c1cccc(Sc3cccc4[cH-]c5cc(Br)ccc5c34)c12.[Cl-].[Cl-].[Zr+4]. The van der Waals surface area contributed by atoms with Crippen LogP contribution >= 0.6 is 43.6 Å². The van der Waals surface area contributed by atoms with E-state index < -0.39 is 0 Å². The van der Waals surface area contributed by atoms with Gasteiger partial charge in [0.25, 0.3) is 0 Å². The van der Waals surface area contributed by atoms with Crippen LogP contribution in [0.25, 0.3) is 43.1 Å². The molecule has 6 aromatic rings. The van der Waals surface area contributed by atoms with Crippen LogP contribution in [0.1, 0.15) is 0 Å². The summed E-state index contributed by atoms with van der Waals surface area (Å²) in [7, 11) is 0. The summed E-state index contributed by atoms with van der Waals surface area (Å²) >= 11 is 9.08. The minimum Gasteiger partial charge on any atom is -1.00 e. The molecule has 6 rings (SSSR count). The maximum absolute atomic E-state index is 3.60. The summed E-state index contributed by atoms with van der Waals surface area (Å²) in [5, 5.41) is 10.5. The molecule has 0 saturated heterocycles. The van der Waals surface area contributed by atoms with Crippen molar-refractivity contribution >= 4 is 86.7 Å². The van der Waals surface area contributed by atoms with E-state index in [0.717, 1.165) is 8.95 Å². The molecule has 0 aliphatic carbocycles. The van der Waals surface area contributed by atoms with E-state index in [0.29, 0.717) is 0 Å². The van der Waals surface area contributed by atoms with Crippen molar-refractivity contribution in [2.24, 2.45) is 0 Å². The fourth-order valence-corrected chi connectivity index (χ4v) is 6.25. The Hall–Kier alpha value is -0.607. The van der Waals surface area contributed by atoms with Gasteiger partial charge in [0.2, 0.25) is 0 Å². The normalized spacial score (nSPS) is 10.8. The molecule has 0 radical (unpaired) electrons. The predicted octanol–water partition coefficient (Wildman–Crippen LogP) is 3.42. The predicted molar refractivity (Wildman–Crippen MR) is 134 cm³/mol. The van der Waals surface area contributed by atoms with E-state index in [1.54, 1.807) is 0 Å². The number of hydrogen-bond acceptors (Lipinski definition) is 1. The third-order valence-corrected chi connectivity index (χ3v) is 7.63. The molecule has 0 aliphatic heterocycles. The van der Waals surface area contributed by atoms with Crippen LogP contribution in [-0.2, 0) is 26.2 Å². The molecule has 156 valence electrons. The maximum atomic E-state index is 3.60. The quantitative estimate of drug-likeness (QED) is 0.253. The van der Waals surface area contributed by atoms with Crippen molar-refractivity contribution in [1.29, 1.82) is 0 Å². The fraction of sp³-hybridized carbons (Fsp3) is 0. The van der Waals surface area contributed by atoms with E-state index >= 15 is 0 Å². The van der Waals surface area contributed by atoms with Crippen LogP contribution in [0.3, 0.4) is 0 Å². The Morgan fingerprint density at radius 2 is 1.00 bits per heavy atom. The zero-order valence-electron chi connectivity index (χ0n) is 16.5. The molecule has 6 heteroatoms. The summed E-state index contributed by atoms with van der Waals surface area (Å²) in [6.07, 6.45) is 0. The first-order valence-corrected chi connectivity index (χ1v) is 11.8. The molecule has 0 fully saturated rings. The van der Waals surface area contributed by atoms with Crippen molar-refractivity contribution in [1.82, 2.24) is 0 Å². The van der Waals surface area contributed by atoms with E-state index in [4.69, 9.17) is 0 Å². The fourth-order valence-electron chi connectivity index (χ4n) is 4.30. The van der Waals surface area contributed by atoms with Gasteiger partial charge in [-0.25, -0.2) is 0 Å². The molecule has 0 spiro atoms. The second-order valence-electron chi connectivity index (χ2n) is 7.29. The number of hydrogen-bond donors (Lipinski definition) is 0. The first-order chi connectivity index (χ1) is 14.2. The van der Waals surface area contributed by atoms with Gasteiger partial charge in [-0.3, -0.25) is 0 Å². The second-order valence-corrected chi connectivity index (χ2v) is 10.2. The van der Waals surface area contributed by atoms with E-state index in [1.807, 2.05) is 11.8 Å². The van der Waals surface area contributed by atoms with Crippen LogP contribution < -0.4 is 24.8 Å². The molecule has 0 aliphatic rings. The van der Waals surface area contributed by atoms with Gasteiger partial charge in [0.15, 0.2) is 0 Å². The third kappa shape index (κ3) is 4.40. The Labute approximate surface area is 239 Å². The van der Waals surface area contributed by atoms with Gasteiger partial charge in [0.05, 0.1) is 0 Å². The van der Waals surface area contributed by atoms with Crippen molar-refractivity contribution in [2.45, 2.75) is 9.79 Å². The van der Waals surface area contributed by atoms with Crippen LogP contribution in [-0.4, -0.2) is 0 Å². The Morgan fingerprint density at radius 1 is 0.562 bits per heavy atom. The van der Waals surface area contributed by atoms with E-state index in [1.165, 1.54) is 52.9 Å². The monoisotopic (exact) mass is 676 g/mol. The summed E-state index contributed by atoms with van der Waals surface area (Å²) in [5.41, 5.74) is 0. The summed E-state index contributed by atoms with van der Waals surface area (Å²) in [6.45, 7) is 0. The van der Waals surface area contributed by atoms with Crippen LogP contribution in [0.5, 0.6) is 0 Å². The molecular weight excluding hydrogens is 666 g/mol. The number of benzene rings is 4. The first kappa shape index (κ1) is 26.0. The molecule has 6 aromatic carbocycles.